The molecule has 1 aromatic rings. The van der Waals surface area contributed by atoms with E-state index in [0.29, 0.717) is 0 Å². The second-order valence-corrected chi connectivity index (χ2v) is 5.73. The van der Waals surface area contributed by atoms with Gasteiger partial charge in [0.2, 0.25) is 10.0 Å². The van der Waals surface area contributed by atoms with E-state index in [-0.39, 0.29) is 23.1 Å². The van der Waals surface area contributed by atoms with Crippen LogP contribution in [0.15, 0.2) is 24.3 Å². The van der Waals surface area contributed by atoms with Crippen LogP contribution in [0.3, 0.4) is 0 Å². The standard InChI is InChI=1S/C10H11ClF3NO3S/c11-5-6-19(16,17)15-8-3-1-2-4-9(8)18-7-10(12,13)14/h1-4,15H,5-7H2. The van der Waals surface area contributed by atoms with Crippen LogP contribution in [0, 0.1) is 0 Å². The lowest BCUT2D eigenvalue weighted by Gasteiger charge is -2.14. The van der Waals surface area contributed by atoms with Crippen molar-refractivity contribution < 1.29 is 26.3 Å². The molecule has 0 heterocycles. The van der Waals surface area contributed by atoms with E-state index in [1.165, 1.54) is 24.3 Å². The molecule has 0 aliphatic heterocycles. The number of rotatable bonds is 6. The van der Waals surface area contributed by atoms with Gasteiger partial charge >= 0.3 is 6.18 Å². The van der Waals surface area contributed by atoms with Crippen molar-refractivity contribution >= 4 is 27.3 Å². The number of para-hydroxylation sites is 2. The van der Waals surface area contributed by atoms with Crippen LogP contribution in [0.4, 0.5) is 18.9 Å². The minimum atomic E-state index is -4.50. The highest BCUT2D eigenvalue weighted by atomic mass is 35.5. The van der Waals surface area contributed by atoms with E-state index in [2.05, 4.69) is 9.46 Å². The van der Waals surface area contributed by atoms with E-state index >= 15 is 0 Å². The molecule has 19 heavy (non-hydrogen) atoms. The van der Waals surface area contributed by atoms with Crippen LogP contribution < -0.4 is 9.46 Å². The van der Waals surface area contributed by atoms with Crippen molar-refractivity contribution in [3.8, 4) is 5.75 Å². The van der Waals surface area contributed by atoms with E-state index in [9.17, 15) is 21.6 Å². The van der Waals surface area contributed by atoms with Crippen molar-refractivity contribution in [1.82, 2.24) is 0 Å². The molecular weight excluding hydrogens is 307 g/mol. The topological polar surface area (TPSA) is 55.4 Å². The van der Waals surface area contributed by atoms with E-state index in [0.717, 1.165) is 0 Å². The summed E-state index contributed by atoms with van der Waals surface area (Å²) < 4.78 is 65.8. The Morgan fingerprint density at radius 3 is 2.47 bits per heavy atom. The zero-order valence-corrected chi connectivity index (χ0v) is 11.1. The molecule has 0 unspecified atom stereocenters. The van der Waals surface area contributed by atoms with Crippen LogP contribution in [-0.4, -0.2) is 32.8 Å². The molecule has 0 fully saturated rings. The summed E-state index contributed by atoms with van der Waals surface area (Å²) in [7, 11) is -3.70. The van der Waals surface area contributed by atoms with Crippen LogP contribution in [-0.2, 0) is 10.0 Å². The second-order valence-electron chi connectivity index (χ2n) is 3.51. The number of sulfonamides is 1. The number of hydrogen-bond donors (Lipinski definition) is 1. The summed E-state index contributed by atoms with van der Waals surface area (Å²) in [6.45, 7) is -1.50. The fourth-order valence-electron chi connectivity index (χ4n) is 1.16. The smallest absolute Gasteiger partial charge is 0.422 e. The third kappa shape index (κ3) is 6.02. The average molecular weight is 318 g/mol. The maximum Gasteiger partial charge on any atom is 0.422 e. The van der Waals surface area contributed by atoms with Gasteiger partial charge in [-0.05, 0) is 12.1 Å². The molecule has 1 N–H and O–H groups in total. The molecule has 9 heteroatoms. The molecule has 0 radical (unpaired) electrons. The molecule has 1 rings (SSSR count). The number of halogens is 4. The molecule has 0 spiro atoms. The molecule has 1 aromatic carbocycles. The van der Waals surface area contributed by atoms with Crippen molar-refractivity contribution in [2.24, 2.45) is 0 Å². The number of nitrogens with one attached hydrogen (secondary N) is 1. The van der Waals surface area contributed by atoms with Crippen molar-refractivity contribution in [2.45, 2.75) is 6.18 Å². The van der Waals surface area contributed by atoms with E-state index < -0.39 is 22.8 Å². The summed E-state index contributed by atoms with van der Waals surface area (Å²) in [6, 6.07) is 5.45. The minimum absolute atomic E-state index is 0.0585. The Balaban J connectivity index is 2.84. The Bertz CT molecular complexity index is 519. The zero-order chi connectivity index (χ0) is 14.5. The highest BCUT2D eigenvalue weighted by molar-refractivity contribution is 7.92. The average Bonchev–Trinajstić information content (AvgIpc) is 2.26. The van der Waals surface area contributed by atoms with Crippen molar-refractivity contribution in [1.29, 1.82) is 0 Å². The van der Waals surface area contributed by atoms with E-state index in [4.69, 9.17) is 11.6 Å². The summed E-state index contributed by atoms with van der Waals surface area (Å²) in [6.07, 6.45) is -4.50. The van der Waals surface area contributed by atoms with Crippen molar-refractivity contribution in [3.63, 3.8) is 0 Å². The fourth-order valence-corrected chi connectivity index (χ4v) is 2.57. The van der Waals surface area contributed by atoms with Crippen molar-refractivity contribution in [2.75, 3.05) is 23.0 Å². The highest BCUT2D eigenvalue weighted by Gasteiger charge is 2.29. The Morgan fingerprint density at radius 2 is 1.89 bits per heavy atom. The van der Waals surface area contributed by atoms with Gasteiger partial charge < -0.3 is 4.74 Å². The van der Waals surface area contributed by atoms with Crippen LogP contribution in [0.25, 0.3) is 0 Å². The third-order valence-corrected chi connectivity index (χ3v) is 3.58. The molecule has 4 nitrogen and oxygen atoms in total. The number of alkyl halides is 4. The zero-order valence-electron chi connectivity index (χ0n) is 9.58. The van der Waals surface area contributed by atoms with Gasteiger partial charge in [-0.3, -0.25) is 4.72 Å². The van der Waals surface area contributed by atoms with Crippen LogP contribution in [0.2, 0.25) is 0 Å². The lowest BCUT2D eigenvalue weighted by Crippen LogP contribution is -2.21. The largest absolute Gasteiger partial charge is 0.482 e. The third-order valence-electron chi connectivity index (χ3n) is 1.89. The van der Waals surface area contributed by atoms with Crippen LogP contribution in [0.1, 0.15) is 0 Å². The Kier molecular flexibility index (Phi) is 5.30. The molecule has 0 amide bonds. The van der Waals surface area contributed by atoms with Gasteiger partial charge in [-0.25, -0.2) is 8.42 Å². The Morgan fingerprint density at radius 1 is 1.26 bits per heavy atom. The van der Waals surface area contributed by atoms with Crippen LogP contribution >= 0.6 is 11.6 Å². The monoisotopic (exact) mass is 317 g/mol. The highest BCUT2D eigenvalue weighted by Crippen LogP contribution is 2.27. The Labute approximate surface area is 113 Å². The summed E-state index contributed by atoms with van der Waals surface area (Å²) in [4.78, 5) is 0. The molecule has 108 valence electrons. The van der Waals surface area contributed by atoms with Crippen molar-refractivity contribution in [3.05, 3.63) is 24.3 Å². The Hall–Kier alpha value is -1.15. The quantitative estimate of drug-likeness (QED) is 0.821. The van der Waals surface area contributed by atoms with Gasteiger partial charge in [-0.1, -0.05) is 12.1 Å². The van der Waals surface area contributed by atoms with Gasteiger partial charge in [0, 0.05) is 5.88 Å². The SMILES string of the molecule is O=S(=O)(CCCl)Nc1ccccc1OCC(F)(F)F. The first-order chi connectivity index (χ1) is 8.73. The first-order valence-electron chi connectivity index (χ1n) is 5.08. The summed E-state index contributed by atoms with van der Waals surface area (Å²) in [5, 5.41) is 0. The maximum absolute atomic E-state index is 12.1. The van der Waals surface area contributed by atoms with Gasteiger partial charge in [0.05, 0.1) is 11.4 Å². The predicted octanol–water partition coefficient (Wildman–Crippen LogP) is 2.61. The molecule has 0 aliphatic carbocycles. The molecule has 0 aliphatic rings. The van der Waals surface area contributed by atoms with E-state index in [1.807, 2.05) is 0 Å². The number of benzene rings is 1. The molecule has 0 bridgehead atoms. The summed E-state index contributed by atoms with van der Waals surface area (Å²) in [5.41, 5.74) is -0.0585. The summed E-state index contributed by atoms with van der Waals surface area (Å²) in [5.74, 6) is -0.665. The maximum atomic E-state index is 12.1. The molecule has 0 saturated carbocycles. The number of hydrogen-bond acceptors (Lipinski definition) is 3. The van der Waals surface area contributed by atoms with Gasteiger partial charge in [0.15, 0.2) is 6.61 Å². The fraction of sp³-hybridized carbons (Fsp3) is 0.400. The van der Waals surface area contributed by atoms with Gasteiger partial charge in [0.25, 0.3) is 0 Å². The lowest BCUT2D eigenvalue weighted by atomic mass is 10.3. The lowest BCUT2D eigenvalue weighted by molar-refractivity contribution is -0.153. The summed E-state index contributed by atoms with van der Waals surface area (Å²) >= 11 is 5.31. The normalized spacial score (nSPS) is 12.2. The van der Waals surface area contributed by atoms with Gasteiger partial charge in [0.1, 0.15) is 5.75 Å². The van der Waals surface area contributed by atoms with Crippen LogP contribution in [0.5, 0.6) is 5.75 Å². The molecule has 0 saturated heterocycles. The first-order valence-corrected chi connectivity index (χ1v) is 7.27. The molecular formula is C10H11ClF3NO3S. The predicted molar refractivity (Wildman–Crippen MR) is 66.1 cm³/mol. The van der Waals surface area contributed by atoms with Gasteiger partial charge in [-0.15, -0.1) is 11.6 Å². The van der Waals surface area contributed by atoms with Gasteiger partial charge in [-0.2, -0.15) is 13.2 Å². The minimum Gasteiger partial charge on any atom is -0.482 e. The second kappa shape index (κ2) is 6.33. The molecule has 0 aromatic heterocycles. The first kappa shape index (κ1) is 15.9. The number of anilines is 1. The number of ether oxygens (including phenoxy) is 1. The molecule has 0 atom stereocenters. The van der Waals surface area contributed by atoms with E-state index in [1.54, 1.807) is 0 Å².